The first kappa shape index (κ1) is 14.0. The van der Waals surface area contributed by atoms with Crippen LogP contribution in [0.25, 0.3) is 0 Å². The first-order valence-electron chi connectivity index (χ1n) is 5.94. The second kappa shape index (κ2) is 8.36. The SMILES string of the molecule is C#CC(CC(C)C)C(C=CCCC)=CC. The first-order chi connectivity index (χ1) is 7.15. The van der Waals surface area contributed by atoms with E-state index in [1.54, 1.807) is 0 Å². The van der Waals surface area contributed by atoms with Gasteiger partial charge < -0.3 is 0 Å². The normalized spacial score (nSPS) is 14.5. The number of allylic oxidation sites excluding steroid dienone is 4. The Bertz CT molecular complexity index is 248. The van der Waals surface area contributed by atoms with Gasteiger partial charge in [-0.25, -0.2) is 0 Å². The molecule has 0 radical (unpaired) electrons. The van der Waals surface area contributed by atoms with Gasteiger partial charge in [0.2, 0.25) is 0 Å². The van der Waals surface area contributed by atoms with E-state index >= 15 is 0 Å². The van der Waals surface area contributed by atoms with Gasteiger partial charge in [-0.15, -0.1) is 6.42 Å². The van der Waals surface area contributed by atoms with Crippen LogP contribution >= 0.6 is 0 Å². The maximum absolute atomic E-state index is 5.58. The summed E-state index contributed by atoms with van der Waals surface area (Å²) in [6.07, 6.45) is 15.5. The van der Waals surface area contributed by atoms with Crippen molar-refractivity contribution >= 4 is 0 Å². The van der Waals surface area contributed by atoms with Gasteiger partial charge in [-0.05, 0) is 31.3 Å². The maximum atomic E-state index is 5.58. The highest BCUT2D eigenvalue weighted by Gasteiger charge is 2.10. The topological polar surface area (TPSA) is 0 Å². The van der Waals surface area contributed by atoms with Crippen LogP contribution in [0.5, 0.6) is 0 Å². The lowest BCUT2D eigenvalue weighted by atomic mass is 9.90. The first-order valence-corrected chi connectivity index (χ1v) is 5.94. The van der Waals surface area contributed by atoms with E-state index in [0.717, 1.165) is 12.8 Å². The van der Waals surface area contributed by atoms with Crippen LogP contribution < -0.4 is 0 Å². The van der Waals surface area contributed by atoms with Crippen molar-refractivity contribution in [3.63, 3.8) is 0 Å². The fourth-order valence-corrected chi connectivity index (χ4v) is 1.57. The minimum absolute atomic E-state index is 0.281. The fraction of sp³-hybridized carbons (Fsp3) is 0.600. The predicted molar refractivity (Wildman–Crippen MR) is 69.6 cm³/mol. The summed E-state index contributed by atoms with van der Waals surface area (Å²) in [6.45, 7) is 8.68. The fourth-order valence-electron chi connectivity index (χ4n) is 1.57. The van der Waals surface area contributed by atoms with E-state index in [1.807, 2.05) is 0 Å². The van der Waals surface area contributed by atoms with E-state index in [1.165, 1.54) is 12.0 Å². The Kier molecular flexibility index (Phi) is 7.82. The van der Waals surface area contributed by atoms with Crippen LogP contribution in [0.15, 0.2) is 23.8 Å². The largest absolute Gasteiger partial charge is 0.119 e. The van der Waals surface area contributed by atoms with Gasteiger partial charge in [0.1, 0.15) is 0 Å². The third-order valence-electron chi connectivity index (χ3n) is 2.41. The third kappa shape index (κ3) is 6.18. The molecular formula is C15H24. The van der Waals surface area contributed by atoms with Crippen molar-refractivity contribution in [2.75, 3.05) is 0 Å². The molecule has 0 aromatic heterocycles. The number of hydrogen-bond donors (Lipinski definition) is 0. The van der Waals surface area contributed by atoms with Crippen molar-refractivity contribution in [2.45, 2.75) is 47.0 Å². The van der Waals surface area contributed by atoms with E-state index < -0.39 is 0 Å². The molecule has 0 heterocycles. The lowest BCUT2D eigenvalue weighted by molar-refractivity contribution is 0.532. The van der Waals surface area contributed by atoms with E-state index in [-0.39, 0.29) is 5.92 Å². The van der Waals surface area contributed by atoms with Crippen molar-refractivity contribution < 1.29 is 0 Å². The van der Waals surface area contributed by atoms with Gasteiger partial charge in [-0.2, -0.15) is 0 Å². The minimum atomic E-state index is 0.281. The van der Waals surface area contributed by atoms with Crippen LogP contribution in [0, 0.1) is 24.2 Å². The number of unbranched alkanes of at least 4 members (excludes halogenated alkanes) is 1. The molecule has 0 aliphatic heterocycles. The monoisotopic (exact) mass is 204 g/mol. The zero-order valence-electron chi connectivity index (χ0n) is 10.6. The number of hydrogen-bond acceptors (Lipinski definition) is 0. The molecule has 0 spiro atoms. The second-order valence-corrected chi connectivity index (χ2v) is 4.33. The molecule has 1 atom stereocenters. The molecule has 0 saturated heterocycles. The molecular weight excluding hydrogens is 180 g/mol. The van der Waals surface area contributed by atoms with Gasteiger partial charge in [-0.3, -0.25) is 0 Å². The van der Waals surface area contributed by atoms with Crippen LogP contribution in [0.2, 0.25) is 0 Å². The van der Waals surface area contributed by atoms with Gasteiger partial charge >= 0.3 is 0 Å². The van der Waals surface area contributed by atoms with E-state index in [0.29, 0.717) is 5.92 Å². The number of terminal acetylenes is 1. The molecule has 0 fully saturated rings. The third-order valence-corrected chi connectivity index (χ3v) is 2.41. The van der Waals surface area contributed by atoms with Crippen LogP contribution in [0.3, 0.4) is 0 Å². The predicted octanol–water partition coefficient (Wildman–Crippen LogP) is 4.58. The molecule has 0 aromatic carbocycles. The summed E-state index contributed by atoms with van der Waals surface area (Å²) in [6, 6.07) is 0. The summed E-state index contributed by atoms with van der Waals surface area (Å²) >= 11 is 0. The Morgan fingerprint density at radius 3 is 2.47 bits per heavy atom. The Morgan fingerprint density at radius 1 is 1.40 bits per heavy atom. The van der Waals surface area contributed by atoms with Crippen LogP contribution in [0.1, 0.15) is 47.0 Å². The summed E-state index contributed by atoms with van der Waals surface area (Å²) < 4.78 is 0. The lowest BCUT2D eigenvalue weighted by Crippen LogP contribution is -2.04. The molecule has 0 N–H and O–H groups in total. The van der Waals surface area contributed by atoms with E-state index in [9.17, 15) is 0 Å². The van der Waals surface area contributed by atoms with Crippen molar-refractivity contribution in [1.29, 1.82) is 0 Å². The van der Waals surface area contributed by atoms with Gasteiger partial charge in [-0.1, -0.05) is 51.3 Å². The molecule has 84 valence electrons. The highest BCUT2D eigenvalue weighted by Crippen LogP contribution is 2.20. The van der Waals surface area contributed by atoms with Crippen LogP contribution in [-0.4, -0.2) is 0 Å². The van der Waals surface area contributed by atoms with Crippen molar-refractivity contribution in [2.24, 2.45) is 11.8 Å². The number of rotatable bonds is 6. The highest BCUT2D eigenvalue weighted by atomic mass is 14.1. The van der Waals surface area contributed by atoms with Crippen LogP contribution in [-0.2, 0) is 0 Å². The van der Waals surface area contributed by atoms with Gasteiger partial charge in [0, 0.05) is 5.92 Å². The lowest BCUT2D eigenvalue weighted by Gasteiger charge is -2.14. The molecule has 15 heavy (non-hydrogen) atoms. The zero-order chi connectivity index (χ0) is 11.7. The van der Waals surface area contributed by atoms with Crippen molar-refractivity contribution in [1.82, 2.24) is 0 Å². The summed E-state index contributed by atoms with van der Waals surface area (Å²) in [5.74, 6) is 3.83. The van der Waals surface area contributed by atoms with E-state index in [4.69, 9.17) is 6.42 Å². The molecule has 0 aliphatic rings. The summed E-state index contributed by atoms with van der Waals surface area (Å²) in [5.41, 5.74) is 1.29. The van der Waals surface area contributed by atoms with Gasteiger partial charge in [0.25, 0.3) is 0 Å². The van der Waals surface area contributed by atoms with E-state index in [2.05, 4.69) is 51.8 Å². The Morgan fingerprint density at radius 2 is 2.07 bits per heavy atom. The van der Waals surface area contributed by atoms with Crippen molar-refractivity contribution in [3.05, 3.63) is 23.8 Å². The Labute approximate surface area is 95.5 Å². The molecule has 0 bridgehead atoms. The summed E-state index contributed by atoms with van der Waals surface area (Å²) in [5, 5.41) is 0. The molecule has 0 amide bonds. The Balaban J connectivity index is 4.44. The minimum Gasteiger partial charge on any atom is -0.119 e. The molecule has 1 unspecified atom stereocenters. The molecule has 0 aliphatic carbocycles. The molecule has 0 aromatic rings. The molecule has 0 nitrogen and oxygen atoms in total. The second-order valence-electron chi connectivity index (χ2n) is 4.33. The molecule has 0 heteroatoms. The quantitative estimate of drug-likeness (QED) is 0.438. The Hall–Kier alpha value is -0.960. The van der Waals surface area contributed by atoms with Crippen molar-refractivity contribution in [3.8, 4) is 12.3 Å². The summed E-state index contributed by atoms with van der Waals surface area (Å²) in [7, 11) is 0. The smallest absolute Gasteiger partial charge is 0.0448 e. The molecule has 0 rings (SSSR count). The highest BCUT2D eigenvalue weighted by molar-refractivity contribution is 5.27. The van der Waals surface area contributed by atoms with Gasteiger partial charge in [0.05, 0.1) is 0 Å². The zero-order valence-corrected chi connectivity index (χ0v) is 10.6. The summed E-state index contributed by atoms with van der Waals surface area (Å²) in [4.78, 5) is 0. The van der Waals surface area contributed by atoms with Crippen LogP contribution in [0.4, 0.5) is 0 Å². The average molecular weight is 204 g/mol. The maximum Gasteiger partial charge on any atom is 0.0448 e. The standard InChI is InChI=1S/C15H24/c1-6-9-10-11-14(7-2)15(8-3)12-13(4)5/h3,7,10-11,13,15H,6,9,12H2,1-2,4-5H3. The average Bonchev–Trinajstić information content (AvgIpc) is 2.21. The molecule has 0 saturated carbocycles. The van der Waals surface area contributed by atoms with Gasteiger partial charge in [0.15, 0.2) is 0 Å².